The monoisotopic (exact) mass is 284 g/mol. The van der Waals surface area contributed by atoms with Gasteiger partial charge in [0.1, 0.15) is 5.82 Å². The normalized spacial score (nSPS) is 15.5. The van der Waals surface area contributed by atoms with E-state index in [9.17, 15) is 9.18 Å². The Morgan fingerprint density at radius 1 is 1.29 bits per heavy atom. The van der Waals surface area contributed by atoms with Crippen molar-refractivity contribution in [1.82, 2.24) is 9.88 Å². The average Bonchev–Trinajstić information content (AvgIpc) is 3.33. The molecule has 0 radical (unpaired) electrons. The molecular weight excluding hydrogens is 267 g/mol. The van der Waals surface area contributed by atoms with Crippen molar-refractivity contribution in [3.8, 4) is 0 Å². The molecule has 1 amide bonds. The molecule has 4 heteroatoms. The number of pyridine rings is 1. The van der Waals surface area contributed by atoms with Gasteiger partial charge in [-0.3, -0.25) is 9.78 Å². The Labute approximate surface area is 123 Å². The quantitative estimate of drug-likeness (QED) is 0.859. The number of carbonyl (C=O) groups is 1. The van der Waals surface area contributed by atoms with Gasteiger partial charge in [0.2, 0.25) is 0 Å². The molecule has 0 spiro atoms. The Morgan fingerprint density at radius 3 is 2.67 bits per heavy atom. The minimum absolute atomic E-state index is 0.0821. The number of nitrogens with zero attached hydrogens (tertiary/aromatic N) is 2. The molecule has 1 aromatic carbocycles. The Kier molecular flexibility index (Phi) is 3.69. The van der Waals surface area contributed by atoms with E-state index in [2.05, 4.69) is 4.98 Å². The first-order chi connectivity index (χ1) is 10.2. The van der Waals surface area contributed by atoms with E-state index in [1.807, 2.05) is 6.92 Å². The van der Waals surface area contributed by atoms with Crippen molar-refractivity contribution in [2.45, 2.75) is 31.8 Å². The molecule has 1 aromatic heterocycles. The summed E-state index contributed by atoms with van der Waals surface area (Å²) in [6, 6.07) is 10.0. The maximum atomic E-state index is 14.0. The molecule has 108 valence electrons. The lowest BCUT2D eigenvalue weighted by Crippen LogP contribution is -2.36. The maximum Gasteiger partial charge on any atom is 0.256 e. The number of benzene rings is 1. The topological polar surface area (TPSA) is 33.2 Å². The summed E-state index contributed by atoms with van der Waals surface area (Å²) < 4.78 is 14.0. The predicted octanol–water partition coefficient (Wildman–Crippen LogP) is 3.59. The second-order valence-corrected chi connectivity index (χ2v) is 5.38. The van der Waals surface area contributed by atoms with Crippen LogP contribution in [0.3, 0.4) is 0 Å². The summed E-state index contributed by atoms with van der Waals surface area (Å²) in [5.41, 5.74) is 1.11. The summed E-state index contributed by atoms with van der Waals surface area (Å²) in [7, 11) is 0. The molecule has 0 aliphatic heterocycles. The third-order valence-electron chi connectivity index (χ3n) is 3.86. The molecule has 1 heterocycles. The lowest BCUT2D eigenvalue weighted by molar-refractivity contribution is 0.0670. The molecule has 1 unspecified atom stereocenters. The van der Waals surface area contributed by atoms with Gasteiger partial charge in [-0.25, -0.2) is 4.39 Å². The van der Waals surface area contributed by atoms with Crippen molar-refractivity contribution in [1.29, 1.82) is 0 Å². The number of halogens is 1. The Hall–Kier alpha value is -2.23. The highest BCUT2D eigenvalue weighted by molar-refractivity contribution is 5.94. The number of amides is 1. The minimum Gasteiger partial charge on any atom is -0.329 e. The molecule has 0 bridgehead atoms. The van der Waals surface area contributed by atoms with Gasteiger partial charge in [0.25, 0.3) is 5.91 Å². The zero-order chi connectivity index (χ0) is 14.8. The van der Waals surface area contributed by atoms with Crippen LogP contribution < -0.4 is 0 Å². The molecule has 1 fully saturated rings. The number of hydrogen-bond donors (Lipinski definition) is 0. The van der Waals surface area contributed by atoms with Crippen molar-refractivity contribution in [2.75, 3.05) is 0 Å². The third-order valence-corrected chi connectivity index (χ3v) is 3.86. The third kappa shape index (κ3) is 2.79. The van der Waals surface area contributed by atoms with Gasteiger partial charge < -0.3 is 4.90 Å². The van der Waals surface area contributed by atoms with Crippen molar-refractivity contribution in [3.63, 3.8) is 0 Å². The van der Waals surface area contributed by atoms with Crippen LogP contribution in [0.25, 0.3) is 0 Å². The highest BCUT2D eigenvalue weighted by Gasteiger charge is 2.37. The first-order valence-electron chi connectivity index (χ1n) is 7.15. The van der Waals surface area contributed by atoms with Gasteiger partial charge in [0.15, 0.2) is 0 Å². The second kappa shape index (κ2) is 5.64. The van der Waals surface area contributed by atoms with E-state index in [4.69, 9.17) is 0 Å². The smallest absolute Gasteiger partial charge is 0.256 e. The van der Waals surface area contributed by atoms with E-state index in [0.29, 0.717) is 11.1 Å². The maximum absolute atomic E-state index is 14.0. The van der Waals surface area contributed by atoms with Gasteiger partial charge in [-0.15, -0.1) is 0 Å². The Morgan fingerprint density at radius 2 is 2.05 bits per heavy atom. The molecule has 0 saturated heterocycles. The summed E-state index contributed by atoms with van der Waals surface area (Å²) >= 11 is 0. The molecule has 1 aliphatic rings. The standard InChI is InChI=1S/C17H17FN2O/c1-12(15-6-2-3-7-16(15)18)20(14-8-9-14)17(21)13-5-4-10-19-11-13/h2-7,10-12,14H,8-9H2,1H3. The van der Waals surface area contributed by atoms with E-state index in [0.717, 1.165) is 12.8 Å². The number of hydrogen-bond acceptors (Lipinski definition) is 2. The van der Waals surface area contributed by atoms with E-state index in [1.165, 1.54) is 6.07 Å². The van der Waals surface area contributed by atoms with Crippen molar-refractivity contribution < 1.29 is 9.18 Å². The van der Waals surface area contributed by atoms with Crippen molar-refractivity contribution in [2.24, 2.45) is 0 Å². The fourth-order valence-corrected chi connectivity index (χ4v) is 2.61. The predicted molar refractivity (Wildman–Crippen MR) is 78.2 cm³/mol. The fourth-order valence-electron chi connectivity index (χ4n) is 2.61. The fraction of sp³-hybridized carbons (Fsp3) is 0.294. The van der Waals surface area contributed by atoms with E-state index in [1.54, 1.807) is 47.6 Å². The Balaban J connectivity index is 1.92. The SMILES string of the molecule is CC(c1ccccc1F)N(C(=O)c1cccnc1)C1CC1. The summed E-state index contributed by atoms with van der Waals surface area (Å²) in [6.07, 6.45) is 5.15. The van der Waals surface area contributed by atoms with Crippen LogP contribution in [0.5, 0.6) is 0 Å². The highest BCUT2D eigenvalue weighted by atomic mass is 19.1. The number of aromatic nitrogens is 1. The first kappa shape index (κ1) is 13.7. The Bertz CT molecular complexity index is 640. The van der Waals surface area contributed by atoms with Crippen LogP contribution in [0.15, 0.2) is 48.8 Å². The average molecular weight is 284 g/mol. The number of carbonyl (C=O) groups excluding carboxylic acids is 1. The highest BCUT2D eigenvalue weighted by Crippen LogP contribution is 2.36. The van der Waals surface area contributed by atoms with Gasteiger partial charge in [0.05, 0.1) is 11.6 Å². The first-order valence-corrected chi connectivity index (χ1v) is 7.15. The van der Waals surface area contributed by atoms with Gasteiger partial charge in [-0.1, -0.05) is 18.2 Å². The van der Waals surface area contributed by atoms with Crippen LogP contribution >= 0.6 is 0 Å². The van der Waals surface area contributed by atoms with Crippen LogP contribution in [-0.2, 0) is 0 Å². The molecule has 2 aromatic rings. The van der Waals surface area contributed by atoms with Crippen LogP contribution in [0, 0.1) is 5.82 Å². The zero-order valence-electron chi connectivity index (χ0n) is 11.9. The molecule has 21 heavy (non-hydrogen) atoms. The van der Waals surface area contributed by atoms with E-state index in [-0.39, 0.29) is 23.8 Å². The largest absolute Gasteiger partial charge is 0.329 e. The zero-order valence-corrected chi connectivity index (χ0v) is 11.9. The van der Waals surface area contributed by atoms with Gasteiger partial charge in [0, 0.05) is 24.0 Å². The molecule has 3 nitrogen and oxygen atoms in total. The van der Waals surface area contributed by atoms with Crippen LogP contribution in [-0.4, -0.2) is 21.8 Å². The van der Waals surface area contributed by atoms with Crippen LogP contribution in [0.2, 0.25) is 0 Å². The van der Waals surface area contributed by atoms with Gasteiger partial charge in [-0.05, 0) is 38.0 Å². The second-order valence-electron chi connectivity index (χ2n) is 5.38. The molecule has 3 rings (SSSR count). The van der Waals surface area contributed by atoms with Crippen LogP contribution in [0.1, 0.15) is 41.7 Å². The summed E-state index contributed by atoms with van der Waals surface area (Å²) in [5, 5.41) is 0. The van der Waals surface area contributed by atoms with Crippen molar-refractivity contribution in [3.05, 3.63) is 65.7 Å². The molecule has 1 aliphatic carbocycles. The molecule has 1 saturated carbocycles. The van der Waals surface area contributed by atoms with Gasteiger partial charge in [-0.2, -0.15) is 0 Å². The summed E-state index contributed by atoms with van der Waals surface area (Å²) in [4.78, 5) is 18.5. The lowest BCUT2D eigenvalue weighted by Gasteiger charge is -2.30. The lowest BCUT2D eigenvalue weighted by atomic mass is 10.0. The minimum atomic E-state index is -0.286. The van der Waals surface area contributed by atoms with Crippen molar-refractivity contribution >= 4 is 5.91 Å². The van der Waals surface area contributed by atoms with Crippen LogP contribution in [0.4, 0.5) is 4.39 Å². The summed E-state index contributed by atoms with van der Waals surface area (Å²) in [6.45, 7) is 1.88. The molecule has 0 N–H and O–H groups in total. The molecule has 1 atom stereocenters. The van der Waals surface area contributed by atoms with E-state index >= 15 is 0 Å². The molecular formula is C17H17FN2O. The van der Waals surface area contributed by atoms with Gasteiger partial charge >= 0.3 is 0 Å². The summed E-state index contributed by atoms with van der Waals surface area (Å²) in [5.74, 6) is -0.351. The van der Waals surface area contributed by atoms with E-state index < -0.39 is 0 Å². The number of rotatable bonds is 4.